The minimum absolute atomic E-state index is 0.0924. The summed E-state index contributed by atoms with van der Waals surface area (Å²) in [4.78, 5) is 0. The number of nitrogens with zero attached hydrogens (tertiary/aromatic N) is 2. The Bertz CT molecular complexity index is 961. The summed E-state index contributed by atoms with van der Waals surface area (Å²) in [6.45, 7) is 10.8. The SMILES string of the molecule is C#Cc1cnn(CC(C)C2CCCC3C2(C)CCC2C3(N)CCC3(C)CC(CCC)CCC23N)c1. The van der Waals surface area contributed by atoms with Gasteiger partial charge in [-0.25, -0.2) is 0 Å². The fourth-order valence-corrected chi connectivity index (χ4v) is 10.4. The Morgan fingerprint density at radius 3 is 2.63 bits per heavy atom. The van der Waals surface area contributed by atoms with Gasteiger partial charge in [0.25, 0.3) is 0 Å². The molecule has 1 heterocycles. The molecule has 0 saturated heterocycles. The lowest BCUT2D eigenvalue weighted by Crippen LogP contribution is -2.77. The molecule has 4 heteroatoms. The molecule has 0 radical (unpaired) electrons. The number of terminal acetylenes is 1. The van der Waals surface area contributed by atoms with E-state index in [9.17, 15) is 0 Å². The van der Waals surface area contributed by atoms with Gasteiger partial charge in [0.2, 0.25) is 0 Å². The highest BCUT2D eigenvalue weighted by Gasteiger charge is 2.67. The molecule has 4 N–H and O–H groups in total. The maximum Gasteiger partial charge on any atom is 0.0646 e. The molecule has 9 atom stereocenters. The third-order valence-electron chi connectivity index (χ3n) is 12.1. The van der Waals surface area contributed by atoms with Crippen LogP contribution in [0.15, 0.2) is 12.4 Å². The van der Waals surface area contributed by atoms with Gasteiger partial charge in [0, 0.05) is 23.8 Å². The molecule has 0 aliphatic heterocycles. The third kappa shape index (κ3) is 3.83. The lowest BCUT2D eigenvalue weighted by Gasteiger charge is -2.71. The van der Waals surface area contributed by atoms with Crippen LogP contribution in [0.1, 0.15) is 110 Å². The largest absolute Gasteiger partial charge is 0.325 e. The van der Waals surface area contributed by atoms with Crippen LogP contribution in [0.5, 0.6) is 0 Å². The average Bonchev–Trinajstić information content (AvgIpc) is 3.27. The predicted octanol–water partition coefficient (Wildman–Crippen LogP) is 6.13. The first kappa shape index (κ1) is 25.3. The Morgan fingerprint density at radius 2 is 1.91 bits per heavy atom. The smallest absolute Gasteiger partial charge is 0.0646 e. The topological polar surface area (TPSA) is 69.9 Å². The standard InChI is InChI=1S/C31H50N4/c1-6-9-24-12-15-31(33)27-13-14-29(5)25(22(3)20-35-21-23(7-2)19-34-35)10-8-11-26(29)30(27,32)17-16-28(31,4)18-24/h2,19,21-22,24-27H,6,8-18,20,32-33H2,1,3-5H3. The summed E-state index contributed by atoms with van der Waals surface area (Å²) < 4.78 is 2.06. The maximum atomic E-state index is 7.67. The minimum Gasteiger partial charge on any atom is -0.325 e. The molecule has 194 valence electrons. The molecule has 1 aromatic rings. The van der Waals surface area contributed by atoms with Gasteiger partial charge in [-0.05, 0) is 98.2 Å². The van der Waals surface area contributed by atoms with Gasteiger partial charge >= 0.3 is 0 Å². The lowest BCUT2D eigenvalue weighted by molar-refractivity contribution is -0.164. The molecule has 4 saturated carbocycles. The van der Waals surface area contributed by atoms with Crippen molar-refractivity contribution in [2.75, 3.05) is 0 Å². The summed E-state index contributed by atoms with van der Waals surface area (Å²) in [6.07, 6.45) is 24.6. The molecule has 1 aromatic heterocycles. The van der Waals surface area contributed by atoms with Crippen molar-refractivity contribution in [1.29, 1.82) is 0 Å². The number of nitrogens with two attached hydrogens (primary N) is 2. The lowest BCUT2D eigenvalue weighted by atomic mass is 9.37. The highest BCUT2D eigenvalue weighted by atomic mass is 15.3. The first-order chi connectivity index (χ1) is 16.6. The van der Waals surface area contributed by atoms with Crippen LogP contribution >= 0.6 is 0 Å². The number of aromatic nitrogens is 2. The number of hydrogen-bond donors (Lipinski definition) is 2. The molecule has 0 amide bonds. The number of hydrogen-bond acceptors (Lipinski definition) is 3. The van der Waals surface area contributed by atoms with Crippen molar-refractivity contribution < 1.29 is 0 Å². The Balaban J connectivity index is 1.39. The zero-order valence-corrected chi connectivity index (χ0v) is 22.9. The second-order valence-electron chi connectivity index (χ2n) is 13.9. The van der Waals surface area contributed by atoms with Gasteiger partial charge in [0.05, 0.1) is 11.8 Å². The fraction of sp³-hybridized carbons (Fsp3) is 0.839. The molecule has 4 aliphatic rings. The van der Waals surface area contributed by atoms with Crippen LogP contribution in [0.3, 0.4) is 0 Å². The van der Waals surface area contributed by atoms with E-state index in [1.54, 1.807) is 0 Å². The summed E-state index contributed by atoms with van der Waals surface area (Å²) in [5.41, 5.74) is 16.4. The molecular weight excluding hydrogens is 428 g/mol. The van der Waals surface area contributed by atoms with E-state index in [1.807, 2.05) is 12.4 Å². The van der Waals surface area contributed by atoms with Crippen LogP contribution in [0.2, 0.25) is 0 Å². The highest BCUT2D eigenvalue weighted by Crippen LogP contribution is 2.68. The molecule has 4 fully saturated rings. The van der Waals surface area contributed by atoms with Crippen molar-refractivity contribution in [1.82, 2.24) is 9.78 Å². The zero-order valence-electron chi connectivity index (χ0n) is 22.9. The van der Waals surface area contributed by atoms with E-state index in [0.29, 0.717) is 23.7 Å². The highest BCUT2D eigenvalue weighted by molar-refractivity contribution is 5.26. The van der Waals surface area contributed by atoms with E-state index >= 15 is 0 Å². The normalized spacial score (nSPS) is 46.1. The van der Waals surface area contributed by atoms with Gasteiger partial charge in [-0.2, -0.15) is 5.10 Å². The minimum atomic E-state index is -0.112. The van der Waals surface area contributed by atoms with Crippen LogP contribution in [0, 0.1) is 52.8 Å². The van der Waals surface area contributed by atoms with Crippen LogP contribution in [0.4, 0.5) is 0 Å². The van der Waals surface area contributed by atoms with Crippen LogP contribution in [0.25, 0.3) is 0 Å². The summed E-state index contributed by atoms with van der Waals surface area (Å²) >= 11 is 0. The third-order valence-corrected chi connectivity index (χ3v) is 12.1. The average molecular weight is 479 g/mol. The Hall–Kier alpha value is -1.31. The molecule has 0 aromatic carbocycles. The molecular formula is C31H50N4. The summed E-state index contributed by atoms with van der Waals surface area (Å²) in [7, 11) is 0. The molecule has 5 rings (SSSR count). The molecule has 9 unspecified atom stereocenters. The van der Waals surface area contributed by atoms with E-state index in [2.05, 4.69) is 43.4 Å². The van der Waals surface area contributed by atoms with E-state index in [4.69, 9.17) is 17.9 Å². The van der Waals surface area contributed by atoms with E-state index in [1.165, 1.54) is 70.6 Å². The van der Waals surface area contributed by atoms with Crippen molar-refractivity contribution in [2.24, 2.45) is 51.9 Å². The zero-order chi connectivity index (χ0) is 25.1. The Morgan fingerprint density at radius 1 is 1.11 bits per heavy atom. The van der Waals surface area contributed by atoms with Gasteiger partial charge < -0.3 is 11.5 Å². The van der Waals surface area contributed by atoms with Crippen molar-refractivity contribution in [3.63, 3.8) is 0 Å². The molecule has 4 aliphatic carbocycles. The molecule has 0 spiro atoms. The van der Waals surface area contributed by atoms with Crippen molar-refractivity contribution in [2.45, 2.75) is 122 Å². The van der Waals surface area contributed by atoms with Gasteiger partial charge in [0.1, 0.15) is 0 Å². The number of rotatable bonds is 5. The van der Waals surface area contributed by atoms with Gasteiger partial charge in [0.15, 0.2) is 0 Å². The first-order valence-electron chi connectivity index (χ1n) is 14.7. The van der Waals surface area contributed by atoms with Gasteiger partial charge in [-0.15, -0.1) is 6.42 Å². The summed E-state index contributed by atoms with van der Waals surface area (Å²) in [5.74, 6) is 5.84. The Kier molecular flexibility index (Phi) is 6.45. The summed E-state index contributed by atoms with van der Waals surface area (Å²) in [6, 6.07) is 0. The van der Waals surface area contributed by atoms with Crippen molar-refractivity contribution in [3.05, 3.63) is 18.0 Å². The fourth-order valence-electron chi connectivity index (χ4n) is 10.4. The van der Waals surface area contributed by atoms with Gasteiger partial charge in [-0.1, -0.05) is 52.9 Å². The maximum absolute atomic E-state index is 7.67. The van der Waals surface area contributed by atoms with E-state index in [-0.39, 0.29) is 21.9 Å². The second-order valence-corrected chi connectivity index (χ2v) is 13.9. The van der Waals surface area contributed by atoms with Crippen LogP contribution < -0.4 is 11.5 Å². The van der Waals surface area contributed by atoms with Gasteiger partial charge in [-0.3, -0.25) is 4.68 Å². The molecule has 4 nitrogen and oxygen atoms in total. The second kappa shape index (κ2) is 8.91. The Labute approximate surface area is 214 Å². The molecule has 35 heavy (non-hydrogen) atoms. The monoisotopic (exact) mass is 478 g/mol. The van der Waals surface area contributed by atoms with Crippen LogP contribution in [-0.2, 0) is 6.54 Å². The summed E-state index contributed by atoms with van der Waals surface area (Å²) in [5, 5.41) is 4.54. The first-order valence-corrected chi connectivity index (χ1v) is 14.7. The quantitative estimate of drug-likeness (QED) is 0.500. The van der Waals surface area contributed by atoms with E-state index < -0.39 is 0 Å². The number of fused-ring (bicyclic) bond motifs is 5. The van der Waals surface area contributed by atoms with Crippen molar-refractivity contribution in [3.8, 4) is 12.3 Å². The van der Waals surface area contributed by atoms with Crippen LogP contribution in [-0.4, -0.2) is 20.9 Å². The van der Waals surface area contributed by atoms with Crippen molar-refractivity contribution >= 4 is 0 Å². The van der Waals surface area contributed by atoms with E-state index in [0.717, 1.165) is 24.4 Å². The molecule has 0 bridgehead atoms. The predicted molar refractivity (Wildman–Crippen MR) is 144 cm³/mol.